The van der Waals surface area contributed by atoms with Crippen molar-refractivity contribution in [1.29, 1.82) is 0 Å². The van der Waals surface area contributed by atoms with Crippen LogP contribution in [0.5, 0.6) is 0 Å². The minimum Gasteiger partial charge on any atom is -0.326 e. The van der Waals surface area contributed by atoms with Gasteiger partial charge in [-0.1, -0.05) is 31.0 Å². The highest BCUT2D eigenvalue weighted by Crippen LogP contribution is 2.35. The zero-order valence-electron chi connectivity index (χ0n) is 14.9. The Kier molecular flexibility index (Phi) is 4.79. The lowest BCUT2D eigenvalue weighted by Gasteiger charge is -2.20. The number of urea groups is 1. The SMILES string of the molecule is Cc1cccc(C)c1NC(=O)CCCN1C(=O)NC2(CCCC2)C1=O. The summed E-state index contributed by atoms with van der Waals surface area (Å²) in [6, 6.07) is 5.55. The number of amides is 4. The number of hydrogen-bond donors (Lipinski definition) is 2. The highest BCUT2D eigenvalue weighted by molar-refractivity contribution is 6.07. The zero-order chi connectivity index (χ0) is 18.0. The lowest BCUT2D eigenvalue weighted by molar-refractivity contribution is -0.131. The topological polar surface area (TPSA) is 78.5 Å². The summed E-state index contributed by atoms with van der Waals surface area (Å²) >= 11 is 0. The molecule has 0 unspecified atom stereocenters. The van der Waals surface area contributed by atoms with Crippen LogP contribution >= 0.6 is 0 Å². The number of carbonyl (C=O) groups excluding carboxylic acids is 3. The number of nitrogens with one attached hydrogen (secondary N) is 2. The maximum atomic E-state index is 12.5. The van der Waals surface area contributed by atoms with E-state index in [9.17, 15) is 14.4 Å². The fraction of sp³-hybridized carbons (Fsp3) is 0.526. The van der Waals surface area contributed by atoms with Crippen LogP contribution in [0.25, 0.3) is 0 Å². The largest absolute Gasteiger partial charge is 0.326 e. The predicted octanol–water partition coefficient (Wildman–Crippen LogP) is 2.89. The Balaban J connectivity index is 1.52. The molecule has 1 aliphatic carbocycles. The maximum Gasteiger partial charge on any atom is 0.325 e. The summed E-state index contributed by atoms with van der Waals surface area (Å²) in [4.78, 5) is 38.1. The summed E-state index contributed by atoms with van der Waals surface area (Å²) < 4.78 is 0. The van der Waals surface area contributed by atoms with Gasteiger partial charge in [0, 0.05) is 18.7 Å². The van der Waals surface area contributed by atoms with Gasteiger partial charge in [0.15, 0.2) is 0 Å². The molecule has 1 heterocycles. The van der Waals surface area contributed by atoms with Crippen molar-refractivity contribution in [3.05, 3.63) is 29.3 Å². The van der Waals surface area contributed by atoms with Crippen molar-refractivity contribution in [3.63, 3.8) is 0 Å². The van der Waals surface area contributed by atoms with E-state index in [-0.39, 0.29) is 30.8 Å². The maximum absolute atomic E-state index is 12.5. The third-order valence-electron chi connectivity index (χ3n) is 5.23. The quantitative estimate of drug-likeness (QED) is 0.807. The van der Waals surface area contributed by atoms with Crippen LogP contribution in [0.1, 0.15) is 49.7 Å². The molecule has 25 heavy (non-hydrogen) atoms. The molecule has 3 rings (SSSR count). The van der Waals surface area contributed by atoms with Gasteiger partial charge in [0.1, 0.15) is 5.54 Å². The van der Waals surface area contributed by atoms with E-state index >= 15 is 0 Å². The average Bonchev–Trinajstić information content (AvgIpc) is 3.12. The Bertz CT molecular complexity index is 688. The second kappa shape index (κ2) is 6.86. The van der Waals surface area contributed by atoms with Gasteiger partial charge in [-0.25, -0.2) is 4.79 Å². The number of nitrogens with zero attached hydrogens (tertiary/aromatic N) is 1. The molecule has 4 amide bonds. The molecule has 0 atom stereocenters. The number of imide groups is 1. The number of rotatable bonds is 5. The van der Waals surface area contributed by atoms with E-state index in [0.717, 1.165) is 42.5 Å². The van der Waals surface area contributed by atoms with Crippen molar-refractivity contribution >= 4 is 23.5 Å². The van der Waals surface area contributed by atoms with E-state index in [4.69, 9.17) is 0 Å². The molecule has 0 bridgehead atoms. The summed E-state index contributed by atoms with van der Waals surface area (Å²) in [5.74, 6) is -0.217. The summed E-state index contributed by atoms with van der Waals surface area (Å²) in [7, 11) is 0. The Labute approximate surface area is 148 Å². The molecule has 1 aromatic carbocycles. The van der Waals surface area contributed by atoms with E-state index in [1.165, 1.54) is 4.90 Å². The van der Waals surface area contributed by atoms with Crippen LogP contribution in [-0.2, 0) is 9.59 Å². The molecule has 0 radical (unpaired) electrons. The second-order valence-electron chi connectivity index (χ2n) is 7.09. The molecule has 134 valence electrons. The monoisotopic (exact) mass is 343 g/mol. The van der Waals surface area contributed by atoms with Gasteiger partial charge in [-0.2, -0.15) is 0 Å². The summed E-state index contributed by atoms with van der Waals surface area (Å²) in [5.41, 5.74) is 2.21. The molecule has 6 nitrogen and oxygen atoms in total. The summed E-state index contributed by atoms with van der Waals surface area (Å²) in [6.45, 7) is 4.19. The van der Waals surface area contributed by atoms with E-state index in [2.05, 4.69) is 10.6 Å². The van der Waals surface area contributed by atoms with Crippen LogP contribution in [0.4, 0.5) is 10.5 Å². The molecular weight excluding hydrogens is 318 g/mol. The fourth-order valence-corrected chi connectivity index (χ4v) is 3.81. The van der Waals surface area contributed by atoms with Gasteiger partial charge in [0.2, 0.25) is 5.91 Å². The lowest BCUT2D eigenvalue weighted by Crippen LogP contribution is -2.44. The predicted molar refractivity (Wildman–Crippen MR) is 95.2 cm³/mol. The Morgan fingerprint density at radius 3 is 2.48 bits per heavy atom. The first kappa shape index (κ1) is 17.5. The molecule has 2 fully saturated rings. The molecular formula is C19H25N3O3. The van der Waals surface area contributed by atoms with E-state index in [1.54, 1.807) is 0 Å². The van der Waals surface area contributed by atoms with Gasteiger partial charge in [0.25, 0.3) is 5.91 Å². The number of anilines is 1. The molecule has 2 aliphatic rings. The smallest absolute Gasteiger partial charge is 0.325 e. The highest BCUT2D eigenvalue weighted by atomic mass is 16.2. The van der Waals surface area contributed by atoms with Gasteiger partial charge in [-0.3, -0.25) is 14.5 Å². The minimum atomic E-state index is -0.669. The number of para-hydroxylation sites is 1. The van der Waals surface area contributed by atoms with Crippen LogP contribution in [0.2, 0.25) is 0 Å². The van der Waals surface area contributed by atoms with Crippen LogP contribution < -0.4 is 10.6 Å². The van der Waals surface area contributed by atoms with Crippen LogP contribution in [0.3, 0.4) is 0 Å². The molecule has 2 N–H and O–H groups in total. The fourth-order valence-electron chi connectivity index (χ4n) is 3.81. The Hall–Kier alpha value is -2.37. The van der Waals surface area contributed by atoms with Crippen molar-refractivity contribution in [1.82, 2.24) is 10.2 Å². The Morgan fingerprint density at radius 1 is 1.20 bits per heavy atom. The molecule has 1 saturated carbocycles. The van der Waals surface area contributed by atoms with Crippen LogP contribution in [0.15, 0.2) is 18.2 Å². The van der Waals surface area contributed by atoms with Gasteiger partial charge >= 0.3 is 6.03 Å². The lowest BCUT2D eigenvalue weighted by atomic mass is 9.98. The van der Waals surface area contributed by atoms with Gasteiger partial charge in [-0.15, -0.1) is 0 Å². The van der Waals surface area contributed by atoms with Crippen molar-refractivity contribution in [2.75, 3.05) is 11.9 Å². The third-order valence-corrected chi connectivity index (χ3v) is 5.23. The van der Waals surface area contributed by atoms with Gasteiger partial charge in [0.05, 0.1) is 0 Å². The number of aryl methyl sites for hydroxylation is 2. The standard InChI is InChI=1S/C19H25N3O3/c1-13-7-5-8-14(2)16(13)20-15(23)9-6-12-22-17(24)19(21-18(22)25)10-3-4-11-19/h5,7-8H,3-4,6,9-12H2,1-2H3,(H,20,23)(H,21,25). The zero-order valence-corrected chi connectivity index (χ0v) is 14.9. The van der Waals surface area contributed by atoms with E-state index in [0.29, 0.717) is 6.42 Å². The first-order valence-corrected chi connectivity index (χ1v) is 8.93. The highest BCUT2D eigenvalue weighted by Gasteiger charge is 2.51. The van der Waals surface area contributed by atoms with Gasteiger partial charge in [-0.05, 0) is 44.2 Å². The molecule has 1 saturated heterocycles. The molecule has 1 aliphatic heterocycles. The summed E-state index contributed by atoms with van der Waals surface area (Å²) in [5, 5.41) is 5.79. The third kappa shape index (κ3) is 3.38. The van der Waals surface area contributed by atoms with E-state index < -0.39 is 5.54 Å². The first-order chi connectivity index (χ1) is 11.9. The molecule has 6 heteroatoms. The summed E-state index contributed by atoms with van der Waals surface area (Å²) in [6.07, 6.45) is 4.13. The molecule has 1 aromatic rings. The average molecular weight is 343 g/mol. The minimum absolute atomic E-state index is 0.0972. The van der Waals surface area contributed by atoms with Crippen LogP contribution in [0, 0.1) is 13.8 Å². The molecule has 1 spiro atoms. The molecule has 0 aromatic heterocycles. The van der Waals surface area contributed by atoms with Crippen molar-refractivity contribution in [2.24, 2.45) is 0 Å². The number of carbonyl (C=O) groups is 3. The van der Waals surface area contributed by atoms with Crippen molar-refractivity contribution in [3.8, 4) is 0 Å². The number of benzene rings is 1. The van der Waals surface area contributed by atoms with Crippen molar-refractivity contribution in [2.45, 2.75) is 57.9 Å². The van der Waals surface area contributed by atoms with Crippen LogP contribution in [-0.4, -0.2) is 34.8 Å². The van der Waals surface area contributed by atoms with E-state index in [1.807, 2.05) is 32.0 Å². The van der Waals surface area contributed by atoms with Gasteiger partial charge < -0.3 is 10.6 Å². The number of hydrogen-bond acceptors (Lipinski definition) is 3. The first-order valence-electron chi connectivity index (χ1n) is 8.93. The van der Waals surface area contributed by atoms with Crippen molar-refractivity contribution < 1.29 is 14.4 Å². The second-order valence-corrected chi connectivity index (χ2v) is 7.09. The normalized spacial score (nSPS) is 18.7. The Morgan fingerprint density at radius 2 is 1.84 bits per heavy atom.